The Bertz CT molecular complexity index is 1120. The second kappa shape index (κ2) is 7.48. The van der Waals surface area contributed by atoms with E-state index in [1.54, 1.807) is 9.58 Å². The molecule has 0 unspecified atom stereocenters. The van der Waals surface area contributed by atoms with E-state index in [4.69, 9.17) is 4.74 Å². The third-order valence-electron chi connectivity index (χ3n) is 5.15. The predicted molar refractivity (Wildman–Crippen MR) is 115 cm³/mol. The van der Waals surface area contributed by atoms with E-state index < -0.39 is 5.60 Å². The van der Waals surface area contributed by atoms with Gasteiger partial charge in [0.1, 0.15) is 5.60 Å². The van der Waals surface area contributed by atoms with Crippen LogP contribution in [0.3, 0.4) is 0 Å². The number of nitrogens with one attached hydrogen (secondary N) is 1. The highest BCUT2D eigenvalue weighted by atomic mass is 16.6. The molecule has 0 bridgehead atoms. The first kappa shape index (κ1) is 19.9. The SMILES string of the molecule is Cn1nc(C(=O)Nc2cccc3ccccc23)c2c1CCN(C(=O)OC(C)(C)C)C2. The van der Waals surface area contributed by atoms with Crippen molar-refractivity contribution in [2.75, 3.05) is 11.9 Å². The Labute approximate surface area is 175 Å². The van der Waals surface area contributed by atoms with Crippen molar-refractivity contribution in [1.29, 1.82) is 0 Å². The number of benzene rings is 2. The first-order chi connectivity index (χ1) is 14.2. The first-order valence-electron chi connectivity index (χ1n) is 10.0. The minimum atomic E-state index is -0.569. The molecule has 1 aromatic heterocycles. The van der Waals surface area contributed by atoms with Crippen LogP contribution in [0.15, 0.2) is 42.5 Å². The fourth-order valence-corrected chi connectivity index (χ4v) is 3.77. The second-order valence-corrected chi connectivity index (χ2v) is 8.53. The number of fused-ring (bicyclic) bond motifs is 2. The fourth-order valence-electron chi connectivity index (χ4n) is 3.77. The van der Waals surface area contributed by atoms with Gasteiger partial charge in [0.05, 0.1) is 6.54 Å². The van der Waals surface area contributed by atoms with E-state index in [2.05, 4.69) is 10.4 Å². The van der Waals surface area contributed by atoms with Crippen LogP contribution < -0.4 is 5.32 Å². The van der Waals surface area contributed by atoms with Gasteiger partial charge in [0.2, 0.25) is 0 Å². The predicted octanol–water partition coefficient (Wildman–Crippen LogP) is 4.12. The average Bonchev–Trinajstić information content (AvgIpc) is 3.03. The van der Waals surface area contributed by atoms with E-state index in [1.807, 2.05) is 70.3 Å². The number of ether oxygens (including phenoxy) is 1. The van der Waals surface area contributed by atoms with Gasteiger partial charge in [-0.1, -0.05) is 36.4 Å². The molecule has 4 rings (SSSR count). The number of hydrogen-bond acceptors (Lipinski definition) is 4. The molecule has 1 aliphatic rings. The Morgan fingerprint density at radius 3 is 2.60 bits per heavy atom. The fraction of sp³-hybridized carbons (Fsp3) is 0.348. The molecule has 30 heavy (non-hydrogen) atoms. The molecule has 156 valence electrons. The number of rotatable bonds is 2. The molecule has 7 heteroatoms. The summed E-state index contributed by atoms with van der Waals surface area (Å²) in [6, 6.07) is 13.7. The summed E-state index contributed by atoms with van der Waals surface area (Å²) in [5.74, 6) is -0.283. The third kappa shape index (κ3) is 3.87. The normalized spacial score (nSPS) is 13.8. The van der Waals surface area contributed by atoms with Crippen LogP contribution in [0.2, 0.25) is 0 Å². The van der Waals surface area contributed by atoms with E-state index in [1.165, 1.54) is 0 Å². The zero-order chi connectivity index (χ0) is 21.5. The van der Waals surface area contributed by atoms with Crippen molar-refractivity contribution in [1.82, 2.24) is 14.7 Å². The molecular weight excluding hydrogens is 380 g/mol. The van der Waals surface area contributed by atoms with Gasteiger partial charge >= 0.3 is 6.09 Å². The molecule has 2 heterocycles. The van der Waals surface area contributed by atoms with Crippen molar-refractivity contribution in [3.05, 3.63) is 59.4 Å². The van der Waals surface area contributed by atoms with Gasteiger partial charge in [0.25, 0.3) is 5.91 Å². The smallest absolute Gasteiger partial charge is 0.410 e. The summed E-state index contributed by atoms with van der Waals surface area (Å²) in [5.41, 5.74) is 2.25. The van der Waals surface area contributed by atoms with Gasteiger partial charge in [0, 0.05) is 42.3 Å². The van der Waals surface area contributed by atoms with Gasteiger partial charge in [0.15, 0.2) is 5.69 Å². The molecule has 7 nitrogen and oxygen atoms in total. The Hall–Kier alpha value is -3.35. The summed E-state index contributed by atoms with van der Waals surface area (Å²) in [4.78, 5) is 27.3. The van der Waals surface area contributed by atoms with Crippen LogP contribution >= 0.6 is 0 Å². The molecule has 1 N–H and O–H groups in total. The lowest BCUT2D eigenvalue weighted by molar-refractivity contribution is 0.0222. The highest BCUT2D eigenvalue weighted by Gasteiger charge is 2.31. The molecule has 0 spiro atoms. The molecule has 1 aliphatic heterocycles. The van der Waals surface area contributed by atoms with Crippen LogP contribution in [0.4, 0.5) is 10.5 Å². The van der Waals surface area contributed by atoms with E-state index in [0.29, 0.717) is 25.2 Å². The zero-order valence-corrected chi connectivity index (χ0v) is 17.7. The van der Waals surface area contributed by atoms with Crippen LogP contribution in [0, 0.1) is 0 Å². The van der Waals surface area contributed by atoms with Crippen molar-refractivity contribution in [2.45, 2.75) is 39.3 Å². The molecule has 2 amide bonds. The summed E-state index contributed by atoms with van der Waals surface area (Å²) in [6.45, 7) is 6.36. The Morgan fingerprint density at radius 1 is 1.10 bits per heavy atom. The van der Waals surface area contributed by atoms with E-state index in [0.717, 1.165) is 27.7 Å². The maximum atomic E-state index is 13.1. The molecule has 0 saturated heterocycles. The quantitative estimate of drug-likeness (QED) is 0.695. The highest BCUT2D eigenvalue weighted by molar-refractivity contribution is 6.09. The zero-order valence-electron chi connectivity index (χ0n) is 17.7. The van der Waals surface area contributed by atoms with Crippen LogP contribution in [0.25, 0.3) is 10.8 Å². The molecule has 0 radical (unpaired) electrons. The van der Waals surface area contributed by atoms with Gasteiger partial charge in [-0.15, -0.1) is 0 Å². The van der Waals surface area contributed by atoms with Gasteiger partial charge < -0.3 is 15.0 Å². The minimum absolute atomic E-state index is 0.283. The largest absolute Gasteiger partial charge is 0.444 e. The number of aryl methyl sites for hydroxylation is 1. The lowest BCUT2D eigenvalue weighted by Gasteiger charge is -2.30. The summed E-state index contributed by atoms with van der Waals surface area (Å²) in [5, 5.41) is 9.48. The summed E-state index contributed by atoms with van der Waals surface area (Å²) in [6.07, 6.45) is 0.247. The number of hydrogen-bond donors (Lipinski definition) is 1. The van der Waals surface area contributed by atoms with Crippen LogP contribution in [-0.2, 0) is 24.8 Å². The number of anilines is 1. The highest BCUT2D eigenvalue weighted by Crippen LogP contribution is 2.27. The molecule has 0 aliphatic carbocycles. The third-order valence-corrected chi connectivity index (χ3v) is 5.15. The van der Waals surface area contributed by atoms with Gasteiger partial charge in [-0.2, -0.15) is 5.10 Å². The number of aromatic nitrogens is 2. The van der Waals surface area contributed by atoms with E-state index >= 15 is 0 Å². The standard InChI is InChI=1S/C23H26N4O3/c1-23(2,3)30-22(29)27-13-12-19-17(14-27)20(25-26(19)4)21(28)24-18-11-7-9-15-8-5-6-10-16(15)18/h5-11H,12-14H2,1-4H3,(H,24,28). The maximum Gasteiger partial charge on any atom is 0.410 e. The summed E-state index contributed by atoms with van der Waals surface area (Å²) >= 11 is 0. The van der Waals surface area contributed by atoms with Crippen molar-refractivity contribution in [3.63, 3.8) is 0 Å². The summed E-state index contributed by atoms with van der Waals surface area (Å²) in [7, 11) is 1.83. The molecule has 0 atom stereocenters. The van der Waals surface area contributed by atoms with Crippen LogP contribution in [-0.4, -0.2) is 38.8 Å². The summed E-state index contributed by atoms with van der Waals surface area (Å²) < 4.78 is 7.24. The Morgan fingerprint density at radius 2 is 1.83 bits per heavy atom. The maximum absolute atomic E-state index is 13.1. The van der Waals surface area contributed by atoms with Gasteiger partial charge in [-0.3, -0.25) is 9.48 Å². The van der Waals surface area contributed by atoms with E-state index in [9.17, 15) is 9.59 Å². The number of nitrogens with zero attached hydrogens (tertiary/aromatic N) is 3. The van der Waals surface area contributed by atoms with Crippen molar-refractivity contribution >= 4 is 28.5 Å². The molecule has 3 aromatic rings. The van der Waals surface area contributed by atoms with Crippen LogP contribution in [0.5, 0.6) is 0 Å². The van der Waals surface area contributed by atoms with Crippen molar-refractivity contribution in [2.24, 2.45) is 7.05 Å². The number of carbonyl (C=O) groups excluding carboxylic acids is 2. The Kier molecular flexibility index (Phi) is 4.97. The van der Waals surface area contributed by atoms with Gasteiger partial charge in [-0.25, -0.2) is 4.79 Å². The topological polar surface area (TPSA) is 76.5 Å². The van der Waals surface area contributed by atoms with Crippen molar-refractivity contribution in [3.8, 4) is 0 Å². The van der Waals surface area contributed by atoms with Crippen LogP contribution in [0.1, 0.15) is 42.5 Å². The van der Waals surface area contributed by atoms with E-state index in [-0.39, 0.29) is 12.0 Å². The van der Waals surface area contributed by atoms with Gasteiger partial charge in [-0.05, 0) is 32.2 Å². The second-order valence-electron chi connectivity index (χ2n) is 8.53. The monoisotopic (exact) mass is 406 g/mol. The molecule has 0 fully saturated rings. The molecule has 2 aromatic carbocycles. The molecule has 0 saturated carbocycles. The lowest BCUT2D eigenvalue weighted by atomic mass is 10.0. The van der Waals surface area contributed by atoms with Crippen molar-refractivity contribution < 1.29 is 14.3 Å². The average molecular weight is 406 g/mol. The molecular formula is C23H26N4O3. The number of amides is 2. The number of carbonyl (C=O) groups is 2. The minimum Gasteiger partial charge on any atom is -0.444 e. The first-order valence-corrected chi connectivity index (χ1v) is 10.0. The Balaban J connectivity index is 1.60. The lowest BCUT2D eigenvalue weighted by Crippen LogP contribution is -2.40.